The third-order valence-electron chi connectivity index (χ3n) is 3.01. The van der Waals surface area contributed by atoms with Crippen molar-refractivity contribution < 1.29 is 4.39 Å². The van der Waals surface area contributed by atoms with Crippen LogP contribution in [0.1, 0.15) is 16.5 Å². The Morgan fingerprint density at radius 3 is 3.00 bits per heavy atom. The van der Waals surface area contributed by atoms with Gasteiger partial charge in [0.05, 0.1) is 17.4 Å². The zero-order chi connectivity index (χ0) is 11.8. The van der Waals surface area contributed by atoms with E-state index < -0.39 is 0 Å². The molecule has 2 nitrogen and oxygen atoms in total. The number of fused-ring (bicyclic) bond motifs is 1. The van der Waals surface area contributed by atoms with Crippen molar-refractivity contribution in [2.45, 2.75) is 13.0 Å². The number of aryl methyl sites for hydroxylation is 1. The van der Waals surface area contributed by atoms with Crippen LogP contribution in [0.2, 0.25) is 0 Å². The summed E-state index contributed by atoms with van der Waals surface area (Å²) in [5.74, 6) is -0.160. The molecule has 0 aliphatic carbocycles. The third-order valence-corrected chi connectivity index (χ3v) is 4.00. The molecule has 1 aromatic carbocycles. The minimum atomic E-state index is -0.160. The summed E-state index contributed by atoms with van der Waals surface area (Å²) in [6.07, 6.45) is 0. The first kappa shape index (κ1) is 10.6. The molecule has 88 valence electrons. The summed E-state index contributed by atoms with van der Waals surface area (Å²) in [5.41, 5.74) is 2.50. The van der Waals surface area contributed by atoms with Gasteiger partial charge in [0.15, 0.2) is 0 Å². The zero-order valence-electron chi connectivity index (χ0n) is 9.46. The minimum absolute atomic E-state index is 0.160. The second kappa shape index (κ2) is 4.04. The van der Waals surface area contributed by atoms with Crippen LogP contribution in [-0.4, -0.2) is 6.54 Å². The maximum absolute atomic E-state index is 13.4. The Morgan fingerprint density at radius 2 is 2.24 bits per heavy atom. The van der Waals surface area contributed by atoms with Gasteiger partial charge in [-0.1, -0.05) is 6.07 Å². The van der Waals surface area contributed by atoms with Crippen molar-refractivity contribution in [3.63, 3.8) is 0 Å². The summed E-state index contributed by atoms with van der Waals surface area (Å²) in [6.45, 7) is 2.57. The van der Waals surface area contributed by atoms with Crippen molar-refractivity contribution >= 4 is 22.7 Å². The van der Waals surface area contributed by atoms with E-state index in [1.807, 2.05) is 12.1 Å². The summed E-state index contributed by atoms with van der Waals surface area (Å²) >= 11 is 1.73. The first-order valence-corrected chi connectivity index (χ1v) is 6.46. The highest BCUT2D eigenvalue weighted by molar-refractivity contribution is 7.10. The highest BCUT2D eigenvalue weighted by atomic mass is 32.1. The van der Waals surface area contributed by atoms with Gasteiger partial charge < -0.3 is 10.6 Å². The van der Waals surface area contributed by atoms with Gasteiger partial charge in [-0.15, -0.1) is 11.3 Å². The van der Waals surface area contributed by atoms with Crippen LogP contribution in [0.25, 0.3) is 0 Å². The molecule has 0 amide bonds. The molecule has 2 aromatic rings. The van der Waals surface area contributed by atoms with E-state index in [2.05, 4.69) is 22.1 Å². The molecule has 2 heterocycles. The van der Waals surface area contributed by atoms with Gasteiger partial charge in [0.1, 0.15) is 5.82 Å². The molecule has 2 N–H and O–H groups in total. The summed E-state index contributed by atoms with van der Waals surface area (Å²) < 4.78 is 13.4. The number of rotatable bonds is 1. The largest absolute Gasteiger partial charge is 0.381 e. The Labute approximate surface area is 103 Å². The summed E-state index contributed by atoms with van der Waals surface area (Å²) in [6, 6.07) is 7.85. The standard InChI is InChI=1S/C13H13FN2S/c1-8-5-11-10(6-9(8)14)15-7-12(16-11)13-3-2-4-17-13/h2-6,12,15-16H,7H2,1H3. The molecule has 0 radical (unpaired) electrons. The lowest BCUT2D eigenvalue weighted by atomic mass is 10.1. The van der Waals surface area contributed by atoms with Crippen LogP contribution in [0.4, 0.5) is 15.8 Å². The van der Waals surface area contributed by atoms with E-state index in [0.29, 0.717) is 5.56 Å². The molecule has 0 bridgehead atoms. The molecule has 1 aliphatic rings. The van der Waals surface area contributed by atoms with Crippen LogP contribution < -0.4 is 10.6 Å². The van der Waals surface area contributed by atoms with E-state index in [-0.39, 0.29) is 11.9 Å². The summed E-state index contributed by atoms with van der Waals surface area (Å²) in [7, 11) is 0. The predicted octanol–water partition coefficient (Wildman–Crippen LogP) is 3.77. The predicted molar refractivity (Wildman–Crippen MR) is 70.3 cm³/mol. The van der Waals surface area contributed by atoms with E-state index in [9.17, 15) is 4.39 Å². The SMILES string of the molecule is Cc1cc2c(cc1F)NCC(c1cccs1)N2. The topological polar surface area (TPSA) is 24.1 Å². The minimum Gasteiger partial charge on any atom is -0.381 e. The van der Waals surface area contributed by atoms with Crippen molar-refractivity contribution in [3.8, 4) is 0 Å². The molecule has 4 heteroatoms. The number of benzene rings is 1. The van der Waals surface area contributed by atoms with Crippen molar-refractivity contribution in [2.75, 3.05) is 17.2 Å². The fourth-order valence-corrected chi connectivity index (χ4v) is 2.84. The Kier molecular flexibility index (Phi) is 2.52. The molecule has 0 saturated heterocycles. The van der Waals surface area contributed by atoms with E-state index in [4.69, 9.17) is 0 Å². The maximum atomic E-state index is 13.4. The second-order valence-electron chi connectivity index (χ2n) is 4.24. The van der Waals surface area contributed by atoms with Crippen molar-refractivity contribution in [1.29, 1.82) is 0 Å². The number of anilines is 2. The Hall–Kier alpha value is -1.55. The van der Waals surface area contributed by atoms with Crippen LogP contribution in [0.3, 0.4) is 0 Å². The molecule has 1 unspecified atom stereocenters. The molecule has 1 aromatic heterocycles. The van der Waals surface area contributed by atoms with Gasteiger partial charge in [0.25, 0.3) is 0 Å². The smallest absolute Gasteiger partial charge is 0.128 e. The molecular weight excluding hydrogens is 235 g/mol. The average Bonchev–Trinajstić information content (AvgIpc) is 2.83. The van der Waals surface area contributed by atoms with Crippen LogP contribution in [0.15, 0.2) is 29.6 Å². The third kappa shape index (κ3) is 1.89. The van der Waals surface area contributed by atoms with Crippen LogP contribution in [-0.2, 0) is 0 Å². The fraction of sp³-hybridized carbons (Fsp3) is 0.231. The molecule has 3 rings (SSSR count). The van der Waals surface area contributed by atoms with E-state index in [0.717, 1.165) is 17.9 Å². The lowest BCUT2D eigenvalue weighted by Gasteiger charge is -2.28. The van der Waals surface area contributed by atoms with Crippen molar-refractivity contribution in [1.82, 2.24) is 0 Å². The van der Waals surface area contributed by atoms with Crippen LogP contribution >= 0.6 is 11.3 Å². The molecule has 17 heavy (non-hydrogen) atoms. The van der Waals surface area contributed by atoms with E-state index >= 15 is 0 Å². The van der Waals surface area contributed by atoms with Gasteiger partial charge in [0.2, 0.25) is 0 Å². The molecule has 0 fully saturated rings. The lowest BCUT2D eigenvalue weighted by molar-refractivity contribution is 0.618. The average molecular weight is 248 g/mol. The molecule has 1 aliphatic heterocycles. The van der Waals surface area contributed by atoms with Gasteiger partial charge in [-0.05, 0) is 36.1 Å². The zero-order valence-corrected chi connectivity index (χ0v) is 10.3. The molecule has 0 saturated carbocycles. The lowest BCUT2D eigenvalue weighted by Crippen LogP contribution is -2.25. The normalized spacial score (nSPS) is 18.1. The molecular formula is C13H13FN2S. The second-order valence-corrected chi connectivity index (χ2v) is 5.22. The Balaban J connectivity index is 1.93. The monoisotopic (exact) mass is 248 g/mol. The number of thiophene rings is 1. The number of hydrogen-bond acceptors (Lipinski definition) is 3. The molecule has 0 spiro atoms. The van der Waals surface area contributed by atoms with Gasteiger partial charge in [-0.25, -0.2) is 4.39 Å². The first-order chi connectivity index (χ1) is 8.24. The van der Waals surface area contributed by atoms with Crippen LogP contribution in [0, 0.1) is 12.7 Å². The maximum Gasteiger partial charge on any atom is 0.128 e. The van der Waals surface area contributed by atoms with Gasteiger partial charge >= 0.3 is 0 Å². The van der Waals surface area contributed by atoms with E-state index in [1.54, 1.807) is 24.3 Å². The van der Waals surface area contributed by atoms with E-state index in [1.165, 1.54) is 4.88 Å². The first-order valence-electron chi connectivity index (χ1n) is 5.58. The fourth-order valence-electron chi connectivity index (χ4n) is 2.06. The highest BCUT2D eigenvalue weighted by Crippen LogP contribution is 2.34. The van der Waals surface area contributed by atoms with Gasteiger partial charge in [-0.2, -0.15) is 0 Å². The Bertz CT molecular complexity index is 537. The van der Waals surface area contributed by atoms with Crippen molar-refractivity contribution in [2.24, 2.45) is 0 Å². The molecule has 1 atom stereocenters. The summed E-state index contributed by atoms with van der Waals surface area (Å²) in [4.78, 5) is 1.30. The van der Waals surface area contributed by atoms with Crippen LogP contribution in [0.5, 0.6) is 0 Å². The highest BCUT2D eigenvalue weighted by Gasteiger charge is 2.20. The van der Waals surface area contributed by atoms with Gasteiger partial charge in [0, 0.05) is 11.4 Å². The number of hydrogen-bond donors (Lipinski definition) is 2. The number of halogens is 1. The van der Waals surface area contributed by atoms with Gasteiger partial charge in [-0.3, -0.25) is 0 Å². The summed E-state index contributed by atoms with van der Waals surface area (Å²) in [5, 5.41) is 8.79. The number of nitrogens with one attached hydrogen (secondary N) is 2. The Morgan fingerprint density at radius 1 is 1.35 bits per heavy atom. The quantitative estimate of drug-likeness (QED) is 0.802. The van der Waals surface area contributed by atoms with Crippen molar-refractivity contribution in [3.05, 3.63) is 45.9 Å².